The number of hydrogen-bond donors (Lipinski definition) is 2. The Morgan fingerprint density at radius 1 is 1.35 bits per heavy atom. The Hall–Kier alpha value is -2.02. The van der Waals surface area contributed by atoms with E-state index in [0.29, 0.717) is 0 Å². The minimum atomic E-state index is -1.32. The number of nitrogens with zero attached hydrogens (tertiary/aromatic N) is 1. The van der Waals surface area contributed by atoms with E-state index in [2.05, 4.69) is 0 Å². The molecule has 1 aliphatic heterocycles. The van der Waals surface area contributed by atoms with Gasteiger partial charge in [0, 0.05) is 13.0 Å². The van der Waals surface area contributed by atoms with Crippen molar-refractivity contribution < 1.29 is 28.6 Å². The summed E-state index contributed by atoms with van der Waals surface area (Å²) in [5.41, 5.74) is -0.702. The SMILES string of the molecule is Cc1ccc(F)c(C(=O)N2C[C@H](O)C[C@H]2C(=O)O)c1F. The first-order valence-electron chi connectivity index (χ1n) is 5.99. The molecule has 20 heavy (non-hydrogen) atoms. The van der Waals surface area contributed by atoms with Crippen LogP contribution in [-0.4, -0.2) is 45.7 Å². The number of likely N-dealkylation sites (tertiary alicyclic amines) is 1. The number of amides is 1. The lowest BCUT2D eigenvalue weighted by molar-refractivity contribution is -0.141. The highest BCUT2D eigenvalue weighted by molar-refractivity contribution is 5.97. The normalized spacial score (nSPS) is 22.1. The Bertz CT molecular complexity index is 576. The van der Waals surface area contributed by atoms with E-state index in [1.54, 1.807) is 0 Å². The number of aliphatic hydroxyl groups is 1. The standard InChI is InChI=1S/C13H13F2NO4/c1-6-2-3-8(14)10(11(6)15)12(18)16-5-7(17)4-9(16)13(19)20/h2-3,7,9,17H,4-5H2,1H3,(H,19,20)/t7-,9+/m1/s1. The molecule has 1 aromatic carbocycles. The van der Waals surface area contributed by atoms with Crippen LogP contribution in [0.25, 0.3) is 0 Å². The number of hydrogen-bond acceptors (Lipinski definition) is 3. The molecule has 1 saturated heterocycles. The van der Waals surface area contributed by atoms with E-state index in [9.17, 15) is 23.5 Å². The Morgan fingerprint density at radius 2 is 2.00 bits per heavy atom. The number of carboxylic acids is 1. The number of β-amino-alcohol motifs (C(OH)–C–C–N with tert-alkyl or cyclic N) is 1. The molecule has 1 fully saturated rings. The van der Waals surface area contributed by atoms with Gasteiger partial charge < -0.3 is 15.1 Å². The van der Waals surface area contributed by atoms with Crippen LogP contribution < -0.4 is 0 Å². The van der Waals surface area contributed by atoms with Gasteiger partial charge in [0.15, 0.2) is 0 Å². The number of aryl methyl sites for hydroxylation is 1. The average Bonchev–Trinajstić information content (AvgIpc) is 2.76. The van der Waals surface area contributed by atoms with Crippen molar-refractivity contribution in [3.05, 3.63) is 34.9 Å². The van der Waals surface area contributed by atoms with E-state index >= 15 is 0 Å². The molecule has 1 aromatic rings. The molecule has 1 heterocycles. The molecule has 0 spiro atoms. The summed E-state index contributed by atoms with van der Waals surface area (Å²) in [4.78, 5) is 24.0. The first-order valence-corrected chi connectivity index (χ1v) is 5.99. The molecule has 1 amide bonds. The fourth-order valence-corrected chi connectivity index (χ4v) is 2.27. The molecule has 1 aliphatic rings. The topological polar surface area (TPSA) is 77.8 Å². The van der Waals surface area contributed by atoms with Crippen molar-refractivity contribution in [2.24, 2.45) is 0 Å². The highest BCUT2D eigenvalue weighted by Crippen LogP contribution is 2.24. The van der Waals surface area contributed by atoms with Gasteiger partial charge in [0.2, 0.25) is 0 Å². The monoisotopic (exact) mass is 285 g/mol. The van der Waals surface area contributed by atoms with E-state index in [-0.39, 0.29) is 18.5 Å². The third-order valence-electron chi connectivity index (χ3n) is 3.32. The van der Waals surface area contributed by atoms with Crippen LogP contribution in [0.3, 0.4) is 0 Å². The van der Waals surface area contributed by atoms with Crippen LogP contribution in [0.5, 0.6) is 0 Å². The molecule has 0 aromatic heterocycles. The number of halogens is 2. The molecular formula is C13H13F2NO4. The number of carbonyl (C=O) groups is 2. The van der Waals surface area contributed by atoms with Crippen molar-refractivity contribution in [2.45, 2.75) is 25.5 Å². The summed E-state index contributed by atoms with van der Waals surface area (Å²) in [6, 6.07) is 0.861. The second-order valence-corrected chi connectivity index (χ2v) is 4.75. The van der Waals surface area contributed by atoms with Crippen molar-refractivity contribution in [3.63, 3.8) is 0 Å². The van der Waals surface area contributed by atoms with Gasteiger partial charge in [-0.3, -0.25) is 4.79 Å². The first-order chi connectivity index (χ1) is 9.32. The lowest BCUT2D eigenvalue weighted by Crippen LogP contribution is -2.41. The maximum Gasteiger partial charge on any atom is 0.326 e. The summed E-state index contributed by atoms with van der Waals surface area (Å²) < 4.78 is 27.6. The van der Waals surface area contributed by atoms with Gasteiger partial charge in [-0.15, -0.1) is 0 Å². The fraction of sp³-hybridized carbons (Fsp3) is 0.385. The van der Waals surface area contributed by atoms with Crippen LogP contribution in [0, 0.1) is 18.6 Å². The van der Waals surface area contributed by atoms with E-state index < -0.39 is 41.2 Å². The molecule has 0 unspecified atom stereocenters. The molecule has 2 N–H and O–H groups in total. The summed E-state index contributed by atoms with van der Waals surface area (Å²) >= 11 is 0. The van der Waals surface area contributed by atoms with E-state index in [1.807, 2.05) is 0 Å². The number of aliphatic carboxylic acids is 1. The van der Waals surface area contributed by atoms with Gasteiger partial charge >= 0.3 is 5.97 Å². The van der Waals surface area contributed by atoms with Crippen molar-refractivity contribution >= 4 is 11.9 Å². The molecule has 0 aliphatic carbocycles. The van der Waals surface area contributed by atoms with Gasteiger partial charge in [-0.1, -0.05) is 6.07 Å². The van der Waals surface area contributed by atoms with Crippen LogP contribution in [0.2, 0.25) is 0 Å². The molecule has 7 heteroatoms. The molecular weight excluding hydrogens is 272 g/mol. The predicted molar refractivity (Wildman–Crippen MR) is 64.2 cm³/mol. The molecule has 2 rings (SSSR count). The van der Waals surface area contributed by atoms with Crippen molar-refractivity contribution in [1.82, 2.24) is 4.90 Å². The molecule has 0 bridgehead atoms. The zero-order chi connectivity index (χ0) is 15.0. The highest BCUT2D eigenvalue weighted by Gasteiger charge is 2.40. The van der Waals surface area contributed by atoms with Crippen molar-refractivity contribution in [3.8, 4) is 0 Å². The fourth-order valence-electron chi connectivity index (χ4n) is 2.27. The highest BCUT2D eigenvalue weighted by atomic mass is 19.1. The molecule has 5 nitrogen and oxygen atoms in total. The second-order valence-electron chi connectivity index (χ2n) is 4.75. The Labute approximate surface area is 113 Å². The Kier molecular flexibility index (Phi) is 3.71. The summed E-state index contributed by atoms with van der Waals surface area (Å²) in [6.07, 6.45) is -1.17. The van der Waals surface area contributed by atoms with Gasteiger partial charge in [0.05, 0.1) is 6.10 Å². The Balaban J connectivity index is 2.41. The minimum absolute atomic E-state index is 0.0846. The van der Waals surface area contributed by atoms with Crippen LogP contribution in [0.4, 0.5) is 8.78 Å². The summed E-state index contributed by atoms with van der Waals surface area (Å²) in [7, 11) is 0. The lowest BCUT2D eigenvalue weighted by Gasteiger charge is -2.22. The van der Waals surface area contributed by atoms with Crippen molar-refractivity contribution in [2.75, 3.05) is 6.54 Å². The lowest BCUT2D eigenvalue weighted by atomic mass is 10.1. The van der Waals surface area contributed by atoms with Gasteiger partial charge in [-0.25, -0.2) is 13.6 Å². The second kappa shape index (κ2) is 5.16. The van der Waals surface area contributed by atoms with Crippen molar-refractivity contribution in [1.29, 1.82) is 0 Å². The first kappa shape index (κ1) is 14.4. The average molecular weight is 285 g/mol. The number of carbonyl (C=O) groups excluding carboxylic acids is 1. The van der Waals surface area contributed by atoms with E-state index in [0.717, 1.165) is 11.0 Å². The minimum Gasteiger partial charge on any atom is -0.480 e. The smallest absolute Gasteiger partial charge is 0.326 e. The summed E-state index contributed by atoms with van der Waals surface area (Å²) in [5.74, 6) is -4.44. The van der Waals surface area contributed by atoms with Gasteiger partial charge in [-0.2, -0.15) is 0 Å². The summed E-state index contributed by atoms with van der Waals surface area (Å²) in [5, 5.41) is 18.5. The third kappa shape index (κ3) is 2.36. The van der Waals surface area contributed by atoms with Crippen LogP contribution in [-0.2, 0) is 4.79 Å². The zero-order valence-electron chi connectivity index (χ0n) is 10.6. The van der Waals surface area contributed by atoms with E-state index in [1.165, 1.54) is 13.0 Å². The van der Waals surface area contributed by atoms with Gasteiger partial charge in [0.25, 0.3) is 5.91 Å². The summed E-state index contributed by atoms with van der Waals surface area (Å²) in [6.45, 7) is 1.11. The molecule has 108 valence electrons. The van der Waals surface area contributed by atoms with Crippen LogP contribution in [0.1, 0.15) is 22.3 Å². The maximum atomic E-state index is 13.9. The van der Waals surface area contributed by atoms with Gasteiger partial charge in [0.1, 0.15) is 23.2 Å². The maximum absolute atomic E-state index is 13.9. The zero-order valence-corrected chi connectivity index (χ0v) is 10.6. The van der Waals surface area contributed by atoms with Crippen LogP contribution in [0.15, 0.2) is 12.1 Å². The number of aliphatic hydroxyl groups excluding tert-OH is 1. The largest absolute Gasteiger partial charge is 0.480 e. The third-order valence-corrected chi connectivity index (χ3v) is 3.32. The number of benzene rings is 1. The number of carboxylic acid groups (broad SMARTS) is 1. The van der Waals surface area contributed by atoms with Crippen LogP contribution >= 0.6 is 0 Å². The Morgan fingerprint density at radius 3 is 2.60 bits per heavy atom. The van der Waals surface area contributed by atoms with Gasteiger partial charge in [-0.05, 0) is 18.6 Å². The molecule has 0 radical (unpaired) electrons. The molecule has 2 atom stereocenters. The molecule has 0 saturated carbocycles. The number of rotatable bonds is 2. The quantitative estimate of drug-likeness (QED) is 0.847. The predicted octanol–water partition coefficient (Wildman–Crippen LogP) is 0.933. The van der Waals surface area contributed by atoms with E-state index in [4.69, 9.17) is 5.11 Å².